The van der Waals surface area contributed by atoms with Gasteiger partial charge in [0.15, 0.2) is 0 Å². The molecule has 2 atom stereocenters. The van der Waals surface area contributed by atoms with Crippen LogP contribution in [-0.4, -0.2) is 47.4 Å². The number of ether oxygens (including phenoxy) is 1. The summed E-state index contributed by atoms with van der Waals surface area (Å²) in [6.07, 6.45) is 61.6. The molecule has 6 heteroatoms. The van der Waals surface area contributed by atoms with Gasteiger partial charge in [0.25, 0.3) is 0 Å². The average Bonchev–Trinajstić information content (AvgIpc) is 3.27. The molecule has 0 heterocycles. The normalized spacial score (nSPS) is 12.8. The first-order valence-corrected chi connectivity index (χ1v) is 27.6. The van der Waals surface area contributed by atoms with Crippen molar-refractivity contribution in [3.63, 3.8) is 0 Å². The first-order valence-electron chi connectivity index (χ1n) is 27.6. The molecule has 0 spiro atoms. The molecule has 0 aromatic rings. The maximum atomic E-state index is 12.5. The molecule has 0 fully saturated rings. The van der Waals surface area contributed by atoms with E-state index in [-0.39, 0.29) is 18.5 Å². The molecule has 1 amide bonds. The van der Waals surface area contributed by atoms with Crippen LogP contribution >= 0.6 is 0 Å². The maximum Gasteiger partial charge on any atom is 0.305 e. The van der Waals surface area contributed by atoms with Gasteiger partial charge in [0.2, 0.25) is 5.91 Å². The number of rotatable bonds is 51. The predicted molar refractivity (Wildman–Crippen MR) is 269 cm³/mol. The Morgan fingerprint density at radius 1 is 0.435 bits per heavy atom. The lowest BCUT2D eigenvalue weighted by Gasteiger charge is -2.22. The molecular weight excluding hydrogens is 767 g/mol. The quantitative estimate of drug-likeness (QED) is 0.0321. The molecule has 0 aliphatic rings. The molecule has 0 aromatic heterocycles. The Morgan fingerprint density at radius 2 is 0.774 bits per heavy atom. The van der Waals surface area contributed by atoms with Gasteiger partial charge < -0.3 is 20.3 Å². The monoisotopic (exact) mass is 874 g/mol. The summed E-state index contributed by atoms with van der Waals surface area (Å²) >= 11 is 0. The van der Waals surface area contributed by atoms with E-state index >= 15 is 0 Å². The Morgan fingerprint density at radius 3 is 1.19 bits per heavy atom. The summed E-state index contributed by atoms with van der Waals surface area (Å²) < 4.78 is 5.44. The molecule has 0 radical (unpaired) electrons. The van der Waals surface area contributed by atoms with Crippen LogP contribution in [0.5, 0.6) is 0 Å². The Hall–Kier alpha value is -1.66. The SMILES string of the molecule is CCCC/C=C\CCCCCCCC(=O)OCCCCCCCC/C=C\CCCCCCCCCC(=O)NC(CO)C(O)CCCCCCCCCCCCCCCCCCC. The minimum Gasteiger partial charge on any atom is -0.466 e. The van der Waals surface area contributed by atoms with E-state index in [1.54, 1.807) is 0 Å². The number of aliphatic hydroxyl groups is 2. The van der Waals surface area contributed by atoms with Crippen molar-refractivity contribution in [1.82, 2.24) is 5.32 Å². The zero-order valence-electron chi connectivity index (χ0n) is 41.6. The molecule has 62 heavy (non-hydrogen) atoms. The number of allylic oxidation sites excluding steroid dienone is 4. The summed E-state index contributed by atoms with van der Waals surface area (Å²) in [5, 5.41) is 23.3. The van der Waals surface area contributed by atoms with E-state index in [0.29, 0.717) is 25.9 Å². The highest BCUT2D eigenvalue weighted by Gasteiger charge is 2.20. The van der Waals surface area contributed by atoms with Gasteiger partial charge in [-0.2, -0.15) is 0 Å². The highest BCUT2D eigenvalue weighted by atomic mass is 16.5. The third-order valence-electron chi connectivity index (χ3n) is 12.7. The second-order valence-corrected chi connectivity index (χ2v) is 18.9. The molecule has 3 N–H and O–H groups in total. The lowest BCUT2D eigenvalue weighted by molar-refractivity contribution is -0.143. The number of hydrogen-bond donors (Lipinski definition) is 3. The van der Waals surface area contributed by atoms with Gasteiger partial charge >= 0.3 is 5.97 Å². The van der Waals surface area contributed by atoms with Gasteiger partial charge in [-0.05, 0) is 70.6 Å². The Balaban J connectivity index is 3.47. The van der Waals surface area contributed by atoms with Crippen molar-refractivity contribution in [2.24, 2.45) is 0 Å². The number of carbonyl (C=O) groups is 2. The van der Waals surface area contributed by atoms with Crippen molar-refractivity contribution >= 4 is 11.9 Å². The molecule has 2 unspecified atom stereocenters. The van der Waals surface area contributed by atoms with Crippen molar-refractivity contribution in [3.8, 4) is 0 Å². The van der Waals surface area contributed by atoms with E-state index in [1.165, 1.54) is 205 Å². The van der Waals surface area contributed by atoms with Gasteiger partial charge in [-0.25, -0.2) is 0 Å². The van der Waals surface area contributed by atoms with Crippen LogP contribution in [0.15, 0.2) is 24.3 Å². The van der Waals surface area contributed by atoms with E-state index in [0.717, 1.165) is 57.8 Å². The number of unbranched alkanes of at least 4 members (excludes halogenated alkanes) is 36. The fourth-order valence-electron chi connectivity index (χ4n) is 8.44. The summed E-state index contributed by atoms with van der Waals surface area (Å²) in [5.74, 6) is -0.0586. The number of carbonyl (C=O) groups excluding carboxylic acids is 2. The minimum atomic E-state index is -0.672. The Kier molecular flexibility index (Phi) is 50.6. The third-order valence-corrected chi connectivity index (χ3v) is 12.7. The minimum absolute atomic E-state index is 0.0128. The van der Waals surface area contributed by atoms with E-state index < -0.39 is 12.1 Å². The lowest BCUT2D eigenvalue weighted by Crippen LogP contribution is -2.45. The van der Waals surface area contributed by atoms with Gasteiger partial charge in [0, 0.05) is 12.8 Å². The van der Waals surface area contributed by atoms with Crippen molar-refractivity contribution in [1.29, 1.82) is 0 Å². The molecule has 0 bridgehead atoms. The molecule has 0 saturated heterocycles. The topological polar surface area (TPSA) is 95.9 Å². The second-order valence-electron chi connectivity index (χ2n) is 18.9. The van der Waals surface area contributed by atoms with Crippen LogP contribution in [0.4, 0.5) is 0 Å². The van der Waals surface area contributed by atoms with Crippen LogP contribution < -0.4 is 5.32 Å². The van der Waals surface area contributed by atoms with Crippen molar-refractivity contribution in [3.05, 3.63) is 24.3 Å². The highest BCUT2D eigenvalue weighted by Crippen LogP contribution is 2.17. The van der Waals surface area contributed by atoms with Gasteiger partial charge in [-0.3, -0.25) is 9.59 Å². The van der Waals surface area contributed by atoms with E-state index in [4.69, 9.17) is 4.74 Å². The first-order chi connectivity index (χ1) is 30.5. The highest BCUT2D eigenvalue weighted by molar-refractivity contribution is 5.76. The standard InChI is InChI=1S/C56H107NO5/c1-3-5-7-9-11-13-15-16-17-19-22-25-29-32-36-40-44-48-54(59)53(52-58)57-55(60)49-45-41-37-33-30-26-23-20-18-21-24-27-31-35-39-43-47-51-62-56(61)50-46-42-38-34-28-14-12-10-8-6-4-2/h10,12,18,21,53-54,58-59H,3-9,11,13-17,19-20,22-52H2,1-2H3,(H,57,60)/b12-10-,21-18-. The molecule has 6 nitrogen and oxygen atoms in total. The number of aliphatic hydroxyl groups excluding tert-OH is 2. The molecule has 0 aliphatic carbocycles. The molecular formula is C56H107NO5. The summed E-state index contributed by atoms with van der Waals surface area (Å²) in [6.45, 7) is 4.90. The number of amides is 1. The van der Waals surface area contributed by atoms with Crippen molar-refractivity contribution in [2.45, 2.75) is 309 Å². The van der Waals surface area contributed by atoms with Crippen LogP contribution in [0, 0.1) is 0 Å². The Labute approximate surface area is 386 Å². The molecule has 366 valence electrons. The van der Waals surface area contributed by atoms with Crippen molar-refractivity contribution in [2.75, 3.05) is 13.2 Å². The zero-order chi connectivity index (χ0) is 45.1. The van der Waals surface area contributed by atoms with Gasteiger partial charge in [0.05, 0.1) is 25.4 Å². The van der Waals surface area contributed by atoms with Gasteiger partial charge in [-0.1, -0.05) is 237 Å². The fraction of sp³-hybridized carbons (Fsp3) is 0.893. The summed E-state index contributed by atoms with van der Waals surface area (Å²) in [7, 11) is 0. The Bertz CT molecular complexity index is 966. The number of esters is 1. The van der Waals surface area contributed by atoms with Crippen LogP contribution in [0.2, 0.25) is 0 Å². The van der Waals surface area contributed by atoms with E-state index in [1.807, 2.05) is 0 Å². The van der Waals surface area contributed by atoms with Crippen LogP contribution in [-0.2, 0) is 14.3 Å². The zero-order valence-corrected chi connectivity index (χ0v) is 41.6. The largest absolute Gasteiger partial charge is 0.466 e. The summed E-state index contributed by atoms with van der Waals surface area (Å²) in [4.78, 5) is 24.4. The number of nitrogens with one attached hydrogen (secondary N) is 1. The van der Waals surface area contributed by atoms with Crippen molar-refractivity contribution < 1.29 is 24.5 Å². The molecule has 0 aromatic carbocycles. The third kappa shape index (κ3) is 47.8. The number of hydrogen-bond acceptors (Lipinski definition) is 5. The van der Waals surface area contributed by atoms with Crippen LogP contribution in [0.1, 0.15) is 296 Å². The average molecular weight is 874 g/mol. The second kappa shape index (κ2) is 52.0. The fourth-order valence-corrected chi connectivity index (χ4v) is 8.44. The van der Waals surface area contributed by atoms with E-state index in [9.17, 15) is 19.8 Å². The van der Waals surface area contributed by atoms with Crippen LogP contribution in [0.25, 0.3) is 0 Å². The van der Waals surface area contributed by atoms with Gasteiger partial charge in [-0.15, -0.1) is 0 Å². The first kappa shape index (κ1) is 60.3. The lowest BCUT2D eigenvalue weighted by atomic mass is 10.0. The molecule has 0 rings (SSSR count). The molecule has 0 aliphatic heterocycles. The predicted octanol–water partition coefficient (Wildman–Crippen LogP) is 16.7. The summed E-state index contributed by atoms with van der Waals surface area (Å²) in [6, 6.07) is -0.550. The smallest absolute Gasteiger partial charge is 0.305 e. The molecule has 0 saturated carbocycles. The van der Waals surface area contributed by atoms with E-state index in [2.05, 4.69) is 43.5 Å². The van der Waals surface area contributed by atoms with Gasteiger partial charge in [0.1, 0.15) is 0 Å². The van der Waals surface area contributed by atoms with Crippen LogP contribution in [0.3, 0.4) is 0 Å². The maximum absolute atomic E-state index is 12.5. The summed E-state index contributed by atoms with van der Waals surface area (Å²) in [5.41, 5.74) is 0.